The van der Waals surface area contributed by atoms with Crippen LogP contribution in [-0.2, 0) is 0 Å². The van der Waals surface area contributed by atoms with Gasteiger partial charge in [-0.1, -0.05) is 0 Å². The van der Waals surface area contributed by atoms with Gasteiger partial charge in [0.15, 0.2) is 17.5 Å². The summed E-state index contributed by atoms with van der Waals surface area (Å²) >= 11 is 0. The van der Waals surface area contributed by atoms with Crippen molar-refractivity contribution in [1.82, 2.24) is 20.6 Å². The van der Waals surface area contributed by atoms with Gasteiger partial charge < -0.3 is 16.4 Å². The highest BCUT2D eigenvalue weighted by Gasteiger charge is 2.27. The van der Waals surface area contributed by atoms with Gasteiger partial charge in [-0.2, -0.15) is 0 Å². The molecule has 2 aliphatic heterocycles. The van der Waals surface area contributed by atoms with Crippen molar-refractivity contribution in [1.29, 1.82) is 0 Å². The molecule has 0 amide bonds. The molecule has 1 aromatic rings. The molecule has 0 saturated carbocycles. The molecule has 0 saturated heterocycles. The summed E-state index contributed by atoms with van der Waals surface area (Å²) in [5, 5.41) is 5.82. The Bertz CT molecular complexity index is 605. The maximum absolute atomic E-state index is 13.2. The lowest BCUT2D eigenvalue weighted by Crippen LogP contribution is -2.36. The number of anilines is 1. The van der Waals surface area contributed by atoms with E-state index in [1.807, 2.05) is 0 Å². The maximum Gasteiger partial charge on any atom is 0.183 e. The van der Waals surface area contributed by atoms with Gasteiger partial charge in [-0.3, -0.25) is 0 Å². The van der Waals surface area contributed by atoms with Gasteiger partial charge in [0, 0.05) is 23.5 Å². The summed E-state index contributed by atoms with van der Waals surface area (Å²) in [6.07, 6.45) is 5.04. The van der Waals surface area contributed by atoms with E-state index >= 15 is 0 Å². The van der Waals surface area contributed by atoms with Gasteiger partial charge in [-0.15, -0.1) is 0 Å². The predicted octanol–water partition coefficient (Wildman–Crippen LogP) is 0.809. The van der Waals surface area contributed by atoms with Crippen LogP contribution < -0.4 is 16.4 Å². The first-order valence-electron chi connectivity index (χ1n) is 5.23. The van der Waals surface area contributed by atoms with Gasteiger partial charge in [0.05, 0.1) is 6.20 Å². The fourth-order valence-electron chi connectivity index (χ4n) is 1.85. The maximum atomic E-state index is 13.2. The number of nitrogens with two attached hydrogens (primary N) is 1. The number of halogens is 2. The van der Waals surface area contributed by atoms with Crippen molar-refractivity contribution in [3.05, 3.63) is 47.7 Å². The highest BCUT2D eigenvalue weighted by Crippen LogP contribution is 2.30. The van der Waals surface area contributed by atoms with Gasteiger partial charge in [-0.25, -0.2) is 18.7 Å². The number of fused-ring (bicyclic) bond motifs is 1. The molecule has 0 radical (unpaired) electrons. The topological polar surface area (TPSA) is 75.9 Å². The molecule has 0 aliphatic carbocycles. The van der Waals surface area contributed by atoms with Gasteiger partial charge >= 0.3 is 0 Å². The zero-order valence-corrected chi connectivity index (χ0v) is 9.11. The van der Waals surface area contributed by atoms with E-state index in [0.29, 0.717) is 11.1 Å². The number of hydrogen-bond donors (Lipinski definition) is 3. The second-order valence-corrected chi connectivity index (χ2v) is 3.88. The summed E-state index contributed by atoms with van der Waals surface area (Å²) < 4.78 is 26.2. The van der Waals surface area contributed by atoms with Gasteiger partial charge in [0.1, 0.15) is 12.0 Å². The smallest absolute Gasteiger partial charge is 0.183 e. The van der Waals surface area contributed by atoms with Crippen LogP contribution in [0.5, 0.6) is 0 Å². The lowest BCUT2D eigenvalue weighted by atomic mass is 10.0. The van der Waals surface area contributed by atoms with Crippen molar-refractivity contribution >= 4 is 11.4 Å². The molecule has 0 bridgehead atoms. The Kier molecular flexibility index (Phi) is 2.26. The second kappa shape index (κ2) is 3.80. The van der Waals surface area contributed by atoms with Crippen LogP contribution in [0.4, 0.5) is 14.6 Å². The van der Waals surface area contributed by atoms with E-state index in [0.717, 1.165) is 6.20 Å². The van der Waals surface area contributed by atoms with Crippen LogP contribution in [0.2, 0.25) is 0 Å². The third kappa shape index (κ3) is 1.60. The first-order valence-corrected chi connectivity index (χ1v) is 5.23. The van der Waals surface area contributed by atoms with Crippen LogP contribution in [0, 0.1) is 5.82 Å². The number of dihydropyridines is 1. The lowest BCUT2D eigenvalue weighted by molar-refractivity contribution is 0.581. The van der Waals surface area contributed by atoms with Crippen LogP contribution in [0.15, 0.2) is 36.1 Å². The van der Waals surface area contributed by atoms with Crippen LogP contribution in [0.1, 0.15) is 5.82 Å². The molecule has 18 heavy (non-hydrogen) atoms. The van der Waals surface area contributed by atoms with Crippen LogP contribution >= 0.6 is 0 Å². The zero-order chi connectivity index (χ0) is 12.7. The number of hydrogen-bond acceptors (Lipinski definition) is 5. The molecule has 0 spiro atoms. The normalized spacial score (nSPS) is 21.2. The number of nitrogen functional groups attached to an aromatic ring is 1. The molecular weight excluding hydrogens is 240 g/mol. The highest BCUT2D eigenvalue weighted by atomic mass is 19.1. The lowest BCUT2D eigenvalue weighted by Gasteiger charge is -2.18. The van der Waals surface area contributed by atoms with Gasteiger partial charge in [0.25, 0.3) is 0 Å². The van der Waals surface area contributed by atoms with E-state index in [2.05, 4.69) is 20.6 Å². The second-order valence-electron chi connectivity index (χ2n) is 3.88. The molecule has 2 aliphatic rings. The van der Waals surface area contributed by atoms with Crippen molar-refractivity contribution in [2.45, 2.75) is 6.17 Å². The molecule has 3 heterocycles. The number of nitrogens with one attached hydrogen (secondary N) is 2. The number of allylic oxidation sites excluding steroid dienone is 2. The Morgan fingerprint density at radius 1 is 1.22 bits per heavy atom. The molecule has 5 nitrogen and oxygen atoms in total. The number of nitrogens with zero attached hydrogens (tertiary/aromatic N) is 2. The average molecular weight is 249 g/mol. The van der Waals surface area contributed by atoms with Gasteiger partial charge in [-0.05, 0) is 6.08 Å². The summed E-state index contributed by atoms with van der Waals surface area (Å²) in [5.41, 5.74) is 6.63. The van der Waals surface area contributed by atoms with E-state index in [9.17, 15) is 8.78 Å². The fourth-order valence-corrected chi connectivity index (χ4v) is 1.85. The third-order valence-electron chi connectivity index (χ3n) is 2.71. The number of rotatable bonds is 1. The van der Waals surface area contributed by atoms with Crippen molar-refractivity contribution < 1.29 is 8.78 Å². The largest absolute Gasteiger partial charge is 0.381 e. The highest BCUT2D eigenvalue weighted by molar-refractivity contribution is 5.80. The first kappa shape index (κ1) is 10.7. The molecular formula is C11H9F2N5. The molecule has 0 fully saturated rings. The van der Waals surface area contributed by atoms with Crippen LogP contribution in [0.25, 0.3) is 5.57 Å². The van der Waals surface area contributed by atoms with Crippen LogP contribution in [0.3, 0.4) is 0 Å². The molecule has 92 valence electrons. The summed E-state index contributed by atoms with van der Waals surface area (Å²) in [6.45, 7) is 0. The van der Waals surface area contributed by atoms with E-state index in [1.54, 1.807) is 6.20 Å². The summed E-state index contributed by atoms with van der Waals surface area (Å²) in [5.74, 6) is -1.05. The Hall–Kier alpha value is -2.44. The first-order chi connectivity index (χ1) is 8.65. The Morgan fingerprint density at radius 3 is 2.78 bits per heavy atom. The SMILES string of the molecule is Nc1nc(C2=CNC3NC=C(F)C=C23)ncc1F. The summed E-state index contributed by atoms with van der Waals surface area (Å²) in [4.78, 5) is 7.70. The minimum Gasteiger partial charge on any atom is -0.381 e. The van der Waals surface area contributed by atoms with Crippen molar-refractivity contribution in [3.63, 3.8) is 0 Å². The van der Waals surface area contributed by atoms with E-state index < -0.39 is 11.6 Å². The quantitative estimate of drug-likeness (QED) is 0.686. The molecule has 1 unspecified atom stereocenters. The summed E-state index contributed by atoms with van der Waals surface area (Å²) in [7, 11) is 0. The molecule has 1 atom stereocenters. The van der Waals surface area contributed by atoms with Gasteiger partial charge in [0.2, 0.25) is 0 Å². The van der Waals surface area contributed by atoms with Crippen LogP contribution in [-0.4, -0.2) is 16.1 Å². The predicted molar refractivity (Wildman–Crippen MR) is 61.7 cm³/mol. The Labute approximate surface area is 101 Å². The molecule has 1 aromatic heterocycles. The van der Waals surface area contributed by atoms with Crippen molar-refractivity contribution in [3.8, 4) is 0 Å². The number of aromatic nitrogens is 2. The van der Waals surface area contributed by atoms with E-state index in [4.69, 9.17) is 5.73 Å². The Morgan fingerprint density at radius 2 is 2.00 bits per heavy atom. The summed E-state index contributed by atoms with van der Waals surface area (Å²) in [6, 6.07) is 0. The fraction of sp³-hybridized carbons (Fsp3) is 0.0909. The Balaban J connectivity index is 2.02. The molecule has 4 N–H and O–H groups in total. The minimum absolute atomic E-state index is 0.227. The zero-order valence-electron chi connectivity index (χ0n) is 9.11. The minimum atomic E-state index is -0.677. The third-order valence-corrected chi connectivity index (χ3v) is 2.71. The molecule has 7 heteroatoms. The molecule has 3 rings (SSSR count). The van der Waals surface area contributed by atoms with E-state index in [1.165, 1.54) is 12.3 Å². The average Bonchev–Trinajstić information content (AvgIpc) is 2.75. The monoisotopic (exact) mass is 249 g/mol. The molecule has 0 aromatic carbocycles. The van der Waals surface area contributed by atoms with Crippen molar-refractivity contribution in [2.75, 3.05) is 5.73 Å². The standard InChI is InChI=1S/C11H9F2N5/c12-5-1-6-7(3-16-10(6)15-2-5)11-17-4-8(13)9(14)18-11/h1-4,10,15-16H,(H2,14,17,18). The van der Waals surface area contributed by atoms with Crippen molar-refractivity contribution in [2.24, 2.45) is 0 Å². The van der Waals surface area contributed by atoms with E-state index in [-0.39, 0.29) is 17.8 Å².